The topological polar surface area (TPSA) is 139 Å². The zero-order chi connectivity index (χ0) is 17.3. The number of esters is 1. The number of imidazole rings is 1. The minimum Gasteiger partial charge on any atom is -0.457 e. The van der Waals surface area contributed by atoms with Gasteiger partial charge in [0.1, 0.15) is 18.9 Å². The molecule has 0 spiro atoms. The zero-order valence-corrected chi connectivity index (χ0v) is 12.8. The first-order chi connectivity index (χ1) is 11.5. The summed E-state index contributed by atoms with van der Waals surface area (Å²) < 4.78 is 11.8. The maximum Gasteiger partial charge on any atom is 0.374 e. The lowest BCUT2D eigenvalue weighted by atomic mass is 10.2. The number of H-pyrrole nitrogens is 2. The van der Waals surface area contributed by atoms with Crippen LogP contribution in [0.4, 0.5) is 0 Å². The van der Waals surface area contributed by atoms with E-state index < -0.39 is 35.7 Å². The minimum atomic E-state index is -0.918. The van der Waals surface area contributed by atoms with Gasteiger partial charge < -0.3 is 19.6 Å². The first kappa shape index (κ1) is 16.1. The molecule has 0 unspecified atom stereocenters. The fourth-order valence-corrected chi connectivity index (χ4v) is 2.44. The summed E-state index contributed by atoms with van der Waals surface area (Å²) in [6.07, 6.45) is 1.95. The number of aryl methyl sites for hydroxylation is 1. The van der Waals surface area contributed by atoms with Gasteiger partial charge in [0.15, 0.2) is 0 Å². The van der Waals surface area contributed by atoms with Crippen molar-refractivity contribution in [3.63, 3.8) is 0 Å². The molecule has 3 heterocycles. The summed E-state index contributed by atoms with van der Waals surface area (Å²) in [5.41, 5.74) is -0.754. The first-order valence-electron chi connectivity index (χ1n) is 7.28. The van der Waals surface area contributed by atoms with Crippen LogP contribution in [0.5, 0.6) is 0 Å². The molecule has 10 nitrogen and oxygen atoms in total. The molecular formula is C14H16N4O6. The molecular weight excluding hydrogens is 320 g/mol. The van der Waals surface area contributed by atoms with Crippen LogP contribution in [0.1, 0.15) is 28.8 Å². The molecule has 0 bridgehead atoms. The Balaban J connectivity index is 1.67. The third kappa shape index (κ3) is 3.14. The molecule has 1 fully saturated rings. The summed E-state index contributed by atoms with van der Waals surface area (Å²) in [5.74, 6) is -0.622. The highest BCUT2D eigenvalue weighted by atomic mass is 16.6. The average molecular weight is 336 g/mol. The number of hydrogen-bond acceptors (Lipinski definition) is 7. The Morgan fingerprint density at radius 3 is 3.04 bits per heavy atom. The van der Waals surface area contributed by atoms with Gasteiger partial charge >= 0.3 is 11.7 Å². The van der Waals surface area contributed by atoms with Crippen molar-refractivity contribution in [2.24, 2.45) is 0 Å². The third-order valence-corrected chi connectivity index (χ3v) is 3.73. The number of ether oxygens (including phenoxy) is 2. The number of aromatic amines is 2. The van der Waals surface area contributed by atoms with E-state index in [1.54, 1.807) is 6.92 Å². The second kappa shape index (κ2) is 6.42. The van der Waals surface area contributed by atoms with Gasteiger partial charge in [-0.15, -0.1) is 0 Å². The average Bonchev–Trinajstić information content (AvgIpc) is 3.18. The van der Waals surface area contributed by atoms with Crippen LogP contribution in [-0.2, 0) is 9.47 Å². The number of aliphatic hydroxyl groups is 1. The van der Waals surface area contributed by atoms with Crippen LogP contribution in [0.25, 0.3) is 0 Å². The predicted octanol–water partition coefficient (Wildman–Crippen LogP) is -0.926. The van der Waals surface area contributed by atoms with E-state index in [0.29, 0.717) is 5.56 Å². The van der Waals surface area contributed by atoms with E-state index in [4.69, 9.17) is 9.47 Å². The number of rotatable bonds is 4. The van der Waals surface area contributed by atoms with Crippen molar-refractivity contribution in [3.8, 4) is 0 Å². The fraction of sp³-hybridized carbons (Fsp3) is 0.429. The van der Waals surface area contributed by atoms with E-state index in [2.05, 4.69) is 15.0 Å². The van der Waals surface area contributed by atoms with Crippen molar-refractivity contribution >= 4 is 5.97 Å². The molecule has 3 rings (SSSR count). The molecule has 0 aliphatic carbocycles. The van der Waals surface area contributed by atoms with Crippen molar-refractivity contribution in [1.82, 2.24) is 19.5 Å². The van der Waals surface area contributed by atoms with Crippen LogP contribution >= 0.6 is 0 Å². The summed E-state index contributed by atoms with van der Waals surface area (Å²) in [5, 5.41) is 10.1. The van der Waals surface area contributed by atoms with Crippen LogP contribution in [-0.4, -0.2) is 49.4 Å². The summed E-state index contributed by atoms with van der Waals surface area (Å²) in [4.78, 5) is 43.5. The Morgan fingerprint density at radius 1 is 1.54 bits per heavy atom. The van der Waals surface area contributed by atoms with Crippen LogP contribution in [0.2, 0.25) is 0 Å². The summed E-state index contributed by atoms with van der Waals surface area (Å²) in [7, 11) is 0. The van der Waals surface area contributed by atoms with E-state index in [0.717, 1.165) is 0 Å². The molecule has 128 valence electrons. The molecule has 2 aromatic rings. The Kier molecular flexibility index (Phi) is 4.32. The fourth-order valence-electron chi connectivity index (χ4n) is 2.44. The highest BCUT2D eigenvalue weighted by Gasteiger charge is 2.36. The molecule has 3 N–H and O–H groups in total. The number of hydrogen-bond donors (Lipinski definition) is 3. The minimum absolute atomic E-state index is 0.0477. The number of nitrogens with zero attached hydrogens (tertiary/aromatic N) is 2. The van der Waals surface area contributed by atoms with Gasteiger partial charge in [-0.25, -0.2) is 14.6 Å². The SMILES string of the molecule is Cc1cn([C@H]2C[C@H](O)[C@@H](COC(=O)c3ncc[nH]3)O2)c(=O)[nH]c1=O. The Bertz CT molecular complexity index is 840. The molecule has 0 saturated carbocycles. The normalized spacial score (nSPS) is 23.3. The summed E-state index contributed by atoms with van der Waals surface area (Å²) in [6, 6.07) is 0. The van der Waals surface area contributed by atoms with E-state index in [1.807, 2.05) is 0 Å². The molecule has 0 aromatic carbocycles. The maximum atomic E-state index is 11.9. The van der Waals surface area contributed by atoms with Crippen molar-refractivity contribution in [1.29, 1.82) is 0 Å². The van der Waals surface area contributed by atoms with Crippen molar-refractivity contribution in [3.05, 3.63) is 50.8 Å². The zero-order valence-electron chi connectivity index (χ0n) is 12.8. The van der Waals surface area contributed by atoms with Crippen LogP contribution in [0.3, 0.4) is 0 Å². The molecule has 1 aliphatic heterocycles. The molecule has 2 aromatic heterocycles. The van der Waals surface area contributed by atoms with Gasteiger partial charge in [0.25, 0.3) is 5.56 Å². The highest BCUT2D eigenvalue weighted by Crippen LogP contribution is 2.27. The molecule has 0 amide bonds. The molecule has 24 heavy (non-hydrogen) atoms. The lowest BCUT2D eigenvalue weighted by Gasteiger charge is -2.16. The second-order valence-electron chi connectivity index (χ2n) is 5.45. The molecule has 10 heteroatoms. The van der Waals surface area contributed by atoms with E-state index in [-0.39, 0.29) is 18.9 Å². The molecule has 1 aliphatic rings. The Morgan fingerprint density at radius 2 is 2.33 bits per heavy atom. The van der Waals surface area contributed by atoms with Gasteiger partial charge in [0, 0.05) is 30.6 Å². The second-order valence-corrected chi connectivity index (χ2v) is 5.45. The van der Waals surface area contributed by atoms with Gasteiger partial charge in [0.05, 0.1) is 6.10 Å². The first-order valence-corrected chi connectivity index (χ1v) is 7.28. The Hall–Kier alpha value is -2.72. The summed E-state index contributed by atoms with van der Waals surface area (Å²) in [6.45, 7) is 1.37. The number of nitrogens with one attached hydrogen (secondary N) is 2. The van der Waals surface area contributed by atoms with Crippen molar-refractivity contribution in [2.45, 2.75) is 31.8 Å². The van der Waals surface area contributed by atoms with Gasteiger partial charge in [0.2, 0.25) is 5.82 Å². The highest BCUT2D eigenvalue weighted by molar-refractivity contribution is 5.85. The standard InChI is InChI=1S/C14H16N4O6/c1-7-5-18(14(22)17-12(7)20)10-4-8(19)9(24-10)6-23-13(21)11-15-2-3-16-11/h2-3,5,8-10,19H,4,6H2,1H3,(H,15,16)(H,17,20,22)/t8-,9+,10+/m0/s1. The quantitative estimate of drug-likeness (QED) is 0.613. The van der Waals surface area contributed by atoms with Gasteiger partial charge in [-0.1, -0.05) is 0 Å². The number of aliphatic hydroxyl groups excluding tert-OH is 1. The van der Waals surface area contributed by atoms with Crippen LogP contribution < -0.4 is 11.2 Å². The molecule has 3 atom stereocenters. The monoisotopic (exact) mass is 336 g/mol. The lowest BCUT2D eigenvalue weighted by molar-refractivity contribution is -0.0535. The van der Waals surface area contributed by atoms with E-state index >= 15 is 0 Å². The van der Waals surface area contributed by atoms with Crippen LogP contribution in [0, 0.1) is 6.92 Å². The van der Waals surface area contributed by atoms with Gasteiger partial charge in [-0.05, 0) is 6.92 Å². The third-order valence-electron chi connectivity index (χ3n) is 3.73. The lowest BCUT2D eigenvalue weighted by Crippen LogP contribution is -2.33. The smallest absolute Gasteiger partial charge is 0.374 e. The predicted molar refractivity (Wildman–Crippen MR) is 79.5 cm³/mol. The number of carbonyl (C=O) groups excluding carboxylic acids is 1. The van der Waals surface area contributed by atoms with E-state index in [9.17, 15) is 19.5 Å². The van der Waals surface area contributed by atoms with Gasteiger partial charge in [-0.2, -0.15) is 0 Å². The van der Waals surface area contributed by atoms with Crippen molar-refractivity contribution < 1.29 is 19.4 Å². The van der Waals surface area contributed by atoms with E-state index in [1.165, 1.54) is 23.2 Å². The Labute approximate surface area is 135 Å². The molecule has 0 radical (unpaired) electrons. The number of carbonyl (C=O) groups is 1. The van der Waals surface area contributed by atoms with Crippen molar-refractivity contribution in [2.75, 3.05) is 6.61 Å². The van der Waals surface area contributed by atoms with Gasteiger partial charge in [-0.3, -0.25) is 14.3 Å². The molecule has 1 saturated heterocycles. The van der Waals surface area contributed by atoms with Crippen LogP contribution in [0.15, 0.2) is 28.2 Å². The maximum absolute atomic E-state index is 11.9. The number of aromatic nitrogens is 4. The largest absolute Gasteiger partial charge is 0.457 e. The summed E-state index contributed by atoms with van der Waals surface area (Å²) >= 11 is 0.